The maximum atomic E-state index is 8.70. The average molecular weight is 288 g/mol. The molecule has 0 fully saturated rings. The molecular formula is C13H10BrN3. The van der Waals surface area contributed by atoms with Gasteiger partial charge in [-0.1, -0.05) is 0 Å². The predicted octanol–water partition coefficient (Wildman–Crippen LogP) is 3.65. The monoisotopic (exact) mass is 287 g/mol. The fraction of sp³-hybridized carbons (Fsp3) is 0. The first-order valence-electron chi connectivity index (χ1n) is 5.01. The molecule has 2 rings (SSSR count). The van der Waals surface area contributed by atoms with Crippen molar-refractivity contribution in [1.82, 2.24) is 0 Å². The van der Waals surface area contributed by atoms with E-state index in [1.165, 1.54) is 0 Å². The molecule has 3 N–H and O–H groups in total. The Hall–Kier alpha value is -1.99. The van der Waals surface area contributed by atoms with Crippen molar-refractivity contribution in [1.29, 1.82) is 5.26 Å². The van der Waals surface area contributed by atoms with Crippen molar-refractivity contribution in [2.24, 2.45) is 0 Å². The van der Waals surface area contributed by atoms with Gasteiger partial charge in [0.2, 0.25) is 0 Å². The summed E-state index contributed by atoms with van der Waals surface area (Å²) < 4.78 is 0.904. The van der Waals surface area contributed by atoms with E-state index in [9.17, 15) is 0 Å². The number of nitriles is 1. The molecule has 0 aliphatic heterocycles. The third kappa shape index (κ3) is 2.77. The Labute approximate surface area is 108 Å². The van der Waals surface area contributed by atoms with Gasteiger partial charge in [-0.3, -0.25) is 0 Å². The number of nitrogen functional groups attached to an aromatic ring is 1. The molecule has 0 heterocycles. The zero-order valence-corrected chi connectivity index (χ0v) is 10.5. The van der Waals surface area contributed by atoms with Crippen LogP contribution in [0.5, 0.6) is 0 Å². The number of hydrogen-bond donors (Lipinski definition) is 2. The van der Waals surface area contributed by atoms with E-state index in [1.54, 1.807) is 12.1 Å². The standard InChI is InChI=1S/C13H10BrN3/c14-12-7-10(16)3-6-13(12)17-11-4-1-9(8-15)2-5-11/h1-7,17H,16H2. The molecule has 4 heteroatoms. The van der Waals surface area contributed by atoms with Gasteiger partial charge in [0.05, 0.1) is 17.3 Å². The molecule has 3 nitrogen and oxygen atoms in total. The van der Waals surface area contributed by atoms with E-state index in [2.05, 4.69) is 27.3 Å². The van der Waals surface area contributed by atoms with Crippen LogP contribution in [-0.2, 0) is 0 Å². The van der Waals surface area contributed by atoms with Crippen molar-refractivity contribution in [2.75, 3.05) is 11.1 Å². The highest BCUT2D eigenvalue weighted by Gasteiger charge is 2.00. The summed E-state index contributed by atoms with van der Waals surface area (Å²) in [6.07, 6.45) is 0. The largest absolute Gasteiger partial charge is 0.399 e. The van der Waals surface area contributed by atoms with E-state index in [-0.39, 0.29) is 0 Å². The van der Waals surface area contributed by atoms with Crippen molar-refractivity contribution >= 4 is 33.0 Å². The van der Waals surface area contributed by atoms with Crippen LogP contribution in [0, 0.1) is 11.3 Å². The molecule has 17 heavy (non-hydrogen) atoms. The Morgan fingerprint density at radius 2 is 1.82 bits per heavy atom. The number of rotatable bonds is 2. The van der Waals surface area contributed by atoms with Gasteiger partial charge in [0, 0.05) is 15.8 Å². The van der Waals surface area contributed by atoms with Gasteiger partial charge in [-0.25, -0.2) is 0 Å². The summed E-state index contributed by atoms with van der Waals surface area (Å²) in [5.74, 6) is 0. The molecule has 0 radical (unpaired) electrons. The molecule has 84 valence electrons. The molecule has 0 saturated heterocycles. The quantitative estimate of drug-likeness (QED) is 0.829. The van der Waals surface area contributed by atoms with Crippen LogP contribution in [0.25, 0.3) is 0 Å². The van der Waals surface area contributed by atoms with Crippen LogP contribution in [-0.4, -0.2) is 0 Å². The van der Waals surface area contributed by atoms with Gasteiger partial charge in [-0.2, -0.15) is 5.26 Å². The highest BCUT2D eigenvalue weighted by atomic mass is 79.9. The van der Waals surface area contributed by atoms with Crippen LogP contribution < -0.4 is 11.1 Å². The number of benzene rings is 2. The first-order chi connectivity index (χ1) is 8.19. The summed E-state index contributed by atoms with van der Waals surface area (Å²) in [5.41, 5.74) is 8.88. The van der Waals surface area contributed by atoms with Crippen molar-refractivity contribution in [3.63, 3.8) is 0 Å². The number of nitrogens with zero attached hydrogens (tertiary/aromatic N) is 1. The maximum absolute atomic E-state index is 8.70. The molecule has 0 amide bonds. The lowest BCUT2D eigenvalue weighted by molar-refractivity contribution is 1.47. The summed E-state index contributed by atoms with van der Waals surface area (Å²) in [6, 6.07) is 14.9. The van der Waals surface area contributed by atoms with Gasteiger partial charge in [-0.05, 0) is 58.4 Å². The van der Waals surface area contributed by atoms with Gasteiger partial charge >= 0.3 is 0 Å². The zero-order chi connectivity index (χ0) is 12.3. The minimum atomic E-state index is 0.645. The summed E-state index contributed by atoms with van der Waals surface area (Å²) in [5, 5.41) is 11.9. The van der Waals surface area contributed by atoms with Gasteiger partial charge in [-0.15, -0.1) is 0 Å². The van der Waals surface area contributed by atoms with Gasteiger partial charge < -0.3 is 11.1 Å². The van der Waals surface area contributed by atoms with Crippen LogP contribution >= 0.6 is 15.9 Å². The molecule has 2 aromatic rings. The number of nitrogens with one attached hydrogen (secondary N) is 1. The van der Waals surface area contributed by atoms with E-state index < -0.39 is 0 Å². The second-order valence-electron chi connectivity index (χ2n) is 3.55. The van der Waals surface area contributed by atoms with Gasteiger partial charge in [0.1, 0.15) is 0 Å². The molecule has 0 aliphatic rings. The zero-order valence-electron chi connectivity index (χ0n) is 8.94. The molecule has 0 spiro atoms. The second-order valence-corrected chi connectivity index (χ2v) is 4.41. The highest BCUT2D eigenvalue weighted by molar-refractivity contribution is 9.10. The minimum Gasteiger partial charge on any atom is -0.399 e. The highest BCUT2D eigenvalue weighted by Crippen LogP contribution is 2.27. The lowest BCUT2D eigenvalue weighted by Gasteiger charge is -2.09. The van der Waals surface area contributed by atoms with Crippen LogP contribution in [0.1, 0.15) is 5.56 Å². The molecule has 2 aromatic carbocycles. The summed E-state index contributed by atoms with van der Waals surface area (Å²) >= 11 is 3.44. The van der Waals surface area contributed by atoms with E-state index in [4.69, 9.17) is 11.0 Å². The predicted molar refractivity (Wildman–Crippen MR) is 73.0 cm³/mol. The van der Waals surface area contributed by atoms with Crippen LogP contribution in [0.4, 0.5) is 17.1 Å². The fourth-order valence-electron chi connectivity index (χ4n) is 1.42. The van der Waals surface area contributed by atoms with E-state index >= 15 is 0 Å². The average Bonchev–Trinajstić information content (AvgIpc) is 2.34. The summed E-state index contributed by atoms with van der Waals surface area (Å²) in [4.78, 5) is 0. The number of hydrogen-bond acceptors (Lipinski definition) is 3. The van der Waals surface area contributed by atoms with Crippen molar-refractivity contribution in [3.8, 4) is 6.07 Å². The lowest BCUT2D eigenvalue weighted by atomic mass is 10.2. The summed E-state index contributed by atoms with van der Waals surface area (Å²) in [7, 11) is 0. The third-order valence-electron chi connectivity index (χ3n) is 2.29. The normalized spacial score (nSPS) is 9.65. The Morgan fingerprint density at radius 1 is 1.12 bits per heavy atom. The molecule has 0 saturated carbocycles. The van der Waals surface area contributed by atoms with Gasteiger partial charge in [0.25, 0.3) is 0 Å². The third-order valence-corrected chi connectivity index (χ3v) is 2.94. The van der Waals surface area contributed by atoms with E-state index in [1.807, 2.05) is 30.3 Å². The fourth-order valence-corrected chi connectivity index (χ4v) is 1.91. The topological polar surface area (TPSA) is 61.8 Å². The molecule has 0 bridgehead atoms. The van der Waals surface area contributed by atoms with Crippen LogP contribution in [0.2, 0.25) is 0 Å². The Kier molecular flexibility index (Phi) is 3.31. The van der Waals surface area contributed by atoms with E-state index in [0.29, 0.717) is 11.3 Å². The van der Waals surface area contributed by atoms with Crippen LogP contribution in [0.15, 0.2) is 46.9 Å². The second kappa shape index (κ2) is 4.89. The van der Waals surface area contributed by atoms with Gasteiger partial charge in [0.15, 0.2) is 0 Å². The maximum Gasteiger partial charge on any atom is 0.0991 e. The number of nitrogens with two attached hydrogens (primary N) is 1. The Morgan fingerprint density at radius 3 is 2.41 bits per heavy atom. The Bertz CT molecular complexity index is 570. The molecular weight excluding hydrogens is 278 g/mol. The van der Waals surface area contributed by atoms with Crippen molar-refractivity contribution in [3.05, 3.63) is 52.5 Å². The first kappa shape index (κ1) is 11.5. The molecule has 0 aromatic heterocycles. The van der Waals surface area contributed by atoms with Crippen molar-refractivity contribution in [2.45, 2.75) is 0 Å². The first-order valence-corrected chi connectivity index (χ1v) is 5.80. The Balaban J connectivity index is 2.23. The van der Waals surface area contributed by atoms with E-state index in [0.717, 1.165) is 15.8 Å². The lowest BCUT2D eigenvalue weighted by Crippen LogP contribution is -1.93. The molecule has 0 aliphatic carbocycles. The smallest absolute Gasteiger partial charge is 0.0991 e. The summed E-state index contributed by atoms with van der Waals surface area (Å²) in [6.45, 7) is 0. The number of halogens is 1. The minimum absolute atomic E-state index is 0.645. The van der Waals surface area contributed by atoms with Crippen LogP contribution in [0.3, 0.4) is 0 Å². The molecule has 0 atom stereocenters. The number of anilines is 3. The SMILES string of the molecule is N#Cc1ccc(Nc2ccc(N)cc2Br)cc1. The van der Waals surface area contributed by atoms with Crippen molar-refractivity contribution < 1.29 is 0 Å². The molecule has 0 unspecified atom stereocenters.